The Balaban J connectivity index is 3.54. The summed E-state index contributed by atoms with van der Waals surface area (Å²) in [5.41, 5.74) is -4.26. The molecule has 94 valence electrons. The van der Waals surface area contributed by atoms with Crippen molar-refractivity contribution in [2.45, 2.75) is 12.6 Å². The van der Waals surface area contributed by atoms with Gasteiger partial charge in [-0.25, -0.2) is 13.8 Å². The molecule has 0 aliphatic carbocycles. The predicted molar refractivity (Wildman–Crippen MR) is 53.6 cm³/mol. The van der Waals surface area contributed by atoms with E-state index in [2.05, 4.69) is 4.98 Å². The summed E-state index contributed by atoms with van der Waals surface area (Å²) in [6.07, 6.45) is -8.57. The summed E-state index contributed by atoms with van der Waals surface area (Å²) in [6.45, 7) is 0. The first-order valence-electron chi connectivity index (χ1n) is 3.84. The van der Waals surface area contributed by atoms with Crippen LogP contribution < -0.4 is 0 Å². The van der Waals surface area contributed by atoms with Gasteiger partial charge in [-0.05, 0) is 22.6 Å². The first kappa shape index (κ1) is 14.0. The van der Waals surface area contributed by atoms with Crippen molar-refractivity contribution in [2.24, 2.45) is 0 Å². The molecule has 0 aliphatic heterocycles. The average Bonchev–Trinajstić information content (AvgIpc) is 2.14. The van der Waals surface area contributed by atoms with Crippen LogP contribution in [-0.2, 0) is 6.18 Å². The standard InChI is InChI=1S/C7H2F5IN2O2/c8-5(9)4-2(7(10,11)12)1-3(15(16)17)6(13)14-4/h1,5H. The fourth-order valence-corrected chi connectivity index (χ4v) is 1.63. The molecule has 0 aliphatic rings. The summed E-state index contributed by atoms with van der Waals surface area (Å²) < 4.78 is 61.3. The van der Waals surface area contributed by atoms with Crippen LogP contribution in [0.3, 0.4) is 0 Å². The summed E-state index contributed by atoms with van der Waals surface area (Å²) in [4.78, 5) is 12.2. The van der Waals surface area contributed by atoms with Gasteiger partial charge < -0.3 is 0 Å². The Bertz CT molecular complexity index is 462. The third kappa shape index (κ3) is 2.98. The molecule has 1 aromatic heterocycles. The molecule has 0 radical (unpaired) electrons. The lowest BCUT2D eigenvalue weighted by Crippen LogP contribution is -2.13. The second-order valence-corrected chi connectivity index (χ2v) is 3.81. The molecule has 0 aromatic carbocycles. The average molecular weight is 368 g/mol. The van der Waals surface area contributed by atoms with Crippen LogP contribution >= 0.6 is 22.6 Å². The Kier molecular flexibility index (Phi) is 3.84. The van der Waals surface area contributed by atoms with Crippen molar-refractivity contribution in [3.63, 3.8) is 0 Å². The number of pyridine rings is 1. The van der Waals surface area contributed by atoms with Crippen LogP contribution in [0.15, 0.2) is 6.07 Å². The van der Waals surface area contributed by atoms with E-state index in [0.29, 0.717) is 0 Å². The molecule has 1 aromatic rings. The van der Waals surface area contributed by atoms with E-state index in [4.69, 9.17) is 0 Å². The number of halogens is 6. The molecule has 1 heterocycles. The van der Waals surface area contributed by atoms with Crippen LogP contribution in [0.1, 0.15) is 17.7 Å². The minimum atomic E-state index is -5.12. The zero-order valence-electron chi connectivity index (χ0n) is 7.63. The Labute approximate surface area is 104 Å². The molecule has 0 saturated heterocycles. The van der Waals surface area contributed by atoms with Gasteiger partial charge >= 0.3 is 11.9 Å². The lowest BCUT2D eigenvalue weighted by molar-refractivity contribution is -0.386. The van der Waals surface area contributed by atoms with Gasteiger partial charge in [-0.2, -0.15) is 13.2 Å². The first-order valence-corrected chi connectivity index (χ1v) is 4.92. The Morgan fingerprint density at radius 2 is 1.94 bits per heavy atom. The Morgan fingerprint density at radius 3 is 2.29 bits per heavy atom. The van der Waals surface area contributed by atoms with Crippen molar-refractivity contribution in [3.8, 4) is 0 Å². The quantitative estimate of drug-likeness (QED) is 0.264. The van der Waals surface area contributed by atoms with E-state index in [-0.39, 0.29) is 6.07 Å². The first-order chi connectivity index (χ1) is 7.64. The van der Waals surface area contributed by atoms with Crippen LogP contribution in [0.25, 0.3) is 0 Å². The largest absolute Gasteiger partial charge is 0.418 e. The number of nitro groups is 1. The molecule has 0 saturated carbocycles. The van der Waals surface area contributed by atoms with Crippen molar-refractivity contribution in [1.82, 2.24) is 4.98 Å². The number of nitrogens with zero attached hydrogens (tertiary/aromatic N) is 2. The molecule has 0 amide bonds. The van der Waals surface area contributed by atoms with Crippen LogP contribution in [0.2, 0.25) is 0 Å². The van der Waals surface area contributed by atoms with Crippen molar-refractivity contribution in [1.29, 1.82) is 0 Å². The maximum Gasteiger partial charge on any atom is 0.418 e. The fourth-order valence-electron chi connectivity index (χ4n) is 1.01. The van der Waals surface area contributed by atoms with Gasteiger partial charge in [0.2, 0.25) is 0 Å². The van der Waals surface area contributed by atoms with Gasteiger partial charge in [-0.15, -0.1) is 0 Å². The van der Waals surface area contributed by atoms with E-state index in [0.717, 1.165) is 0 Å². The highest BCUT2D eigenvalue weighted by molar-refractivity contribution is 14.1. The van der Waals surface area contributed by atoms with E-state index in [1.54, 1.807) is 0 Å². The number of alkyl halides is 5. The van der Waals surface area contributed by atoms with E-state index in [1.807, 2.05) is 0 Å². The SMILES string of the molecule is O=[N+]([O-])c1cc(C(F)(F)F)c(C(F)F)nc1I. The molecule has 0 atom stereocenters. The van der Waals surface area contributed by atoms with Gasteiger partial charge in [-0.3, -0.25) is 10.1 Å². The van der Waals surface area contributed by atoms with Crippen LogP contribution in [0, 0.1) is 13.8 Å². The van der Waals surface area contributed by atoms with Gasteiger partial charge in [0.1, 0.15) is 5.69 Å². The minimum absolute atomic E-state index is 0.0657. The van der Waals surface area contributed by atoms with Crippen molar-refractivity contribution in [2.75, 3.05) is 0 Å². The number of hydrogen-bond acceptors (Lipinski definition) is 3. The van der Waals surface area contributed by atoms with Crippen LogP contribution in [0.5, 0.6) is 0 Å². The van der Waals surface area contributed by atoms with Gasteiger partial charge in [0.15, 0.2) is 3.70 Å². The van der Waals surface area contributed by atoms with Crippen molar-refractivity contribution in [3.05, 3.63) is 31.1 Å². The van der Waals surface area contributed by atoms with Crippen molar-refractivity contribution < 1.29 is 26.9 Å². The fraction of sp³-hybridized carbons (Fsp3) is 0.286. The van der Waals surface area contributed by atoms with E-state index >= 15 is 0 Å². The second-order valence-electron chi connectivity index (χ2n) is 2.79. The zero-order chi connectivity index (χ0) is 13.4. The molecule has 0 spiro atoms. The molecule has 0 fully saturated rings. The smallest absolute Gasteiger partial charge is 0.258 e. The van der Waals surface area contributed by atoms with Crippen LogP contribution in [-0.4, -0.2) is 9.91 Å². The maximum absolute atomic E-state index is 12.4. The molecule has 0 unspecified atom stereocenters. The van der Waals surface area contributed by atoms with Gasteiger partial charge in [0.25, 0.3) is 6.43 Å². The molecular formula is C7H2F5IN2O2. The number of hydrogen-bond donors (Lipinski definition) is 0. The molecule has 0 N–H and O–H groups in total. The topological polar surface area (TPSA) is 56.0 Å². The van der Waals surface area contributed by atoms with E-state index in [1.165, 1.54) is 22.6 Å². The molecule has 4 nitrogen and oxygen atoms in total. The number of rotatable bonds is 2. The summed E-state index contributed by atoms with van der Waals surface area (Å²) >= 11 is 1.23. The molecule has 10 heteroatoms. The Hall–Kier alpha value is -1.07. The zero-order valence-corrected chi connectivity index (χ0v) is 9.79. The monoisotopic (exact) mass is 368 g/mol. The lowest BCUT2D eigenvalue weighted by atomic mass is 10.2. The lowest BCUT2D eigenvalue weighted by Gasteiger charge is -2.11. The van der Waals surface area contributed by atoms with E-state index in [9.17, 15) is 32.1 Å². The van der Waals surface area contributed by atoms with Gasteiger partial charge in [0, 0.05) is 6.07 Å². The maximum atomic E-state index is 12.4. The number of aromatic nitrogens is 1. The summed E-state index contributed by atoms with van der Waals surface area (Å²) in [7, 11) is 0. The highest BCUT2D eigenvalue weighted by Crippen LogP contribution is 2.38. The third-order valence-corrected chi connectivity index (χ3v) is 2.49. The third-order valence-electron chi connectivity index (χ3n) is 1.70. The molecule has 1 rings (SSSR count). The Morgan fingerprint density at radius 1 is 1.41 bits per heavy atom. The highest BCUT2D eigenvalue weighted by Gasteiger charge is 2.39. The summed E-state index contributed by atoms with van der Waals surface area (Å²) in [5, 5.41) is 10.4. The predicted octanol–water partition coefficient (Wildman–Crippen LogP) is 3.55. The van der Waals surface area contributed by atoms with Gasteiger partial charge in [0.05, 0.1) is 10.5 Å². The highest BCUT2D eigenvalue weighted by atomic mass is 127. The normalized spacial score (nSPS) is 11.9. The molecule has 17 heavy (non-hydrogen) atoms. The van der Waals surface area contributed by atoms with Gasteiger partial charge in [-0.1, -0.05) is 0 Å². The minimum Gasteiger partial charge on any atom is -0.258 e. The molecular weight excluding hydrogens is 366 g/mol. The van der Waals surface area contributed by atoms with E-state index < -0.39 is 38.2 Å². The summed E-state index contributed by atoms with van der Waals surface area (Å²) in [6, 6.07) is 0.0657. The second kappa shape index (κ2) is 4.66. The molecule has 0 bridgehead atoms. The van der Waals surface area contributed by atoms with Crippen molar-refractivity contribution >= 4 is 28.3 Å². The van der Waals surface area contributed by atoms with Crippen LogP contribution in [0.4, 0.5) is 27.6 Å². The summed E-state index contributed by atoms with van der Waals surface area (Å²) in [5.74, 6) is 0.